The summed E-state index contributed by atoms with van der Waals surface area (Å²) in [6.07, 6.45) is 2.90. The number of hydrogen-bond donors (Lipinski definition) is 2. The molecule has 2 aromatic rings. The summed E-state index contributed by atoms with van der Waals surface area (Å²) in [5, 5.41) is 5.24. The maximum atomic E-state index is 12.1. The quantitative estimate of drug-likeness (QED) is 0.226. The maximum Gasteiger partial charge on any atom is 0.221 e. The Morgan fingerprint density at radius 2 is 1.14 bits per heavy atom. The lowest BCUT2D eigenvalue weighted by molar-refractivity contribution is -0.179. The van der Waals surface area contributed by atoms with Crippen LogP contribution in [0.15, 0.2) is 48.7 Å². The van der Waals surface area contributed by atoms with Gasteiger partial charge in [0.15, 0.2) is 11.6 Å². The molecule has 0 aromatic heterocycles. The van der Waals surface area contributed by atoms with Crippen molar-refractivity contribution >= 4 is 34.8 Å². The van der Waals surface area contributed by atoms with E-state index in [1.54, 1.807) is 61.7 Å². The van der Waals surface area contributed by atoms with E-state index in [2.05, 4.69) is 10.6 Å². The van der Waals surface area contributed by atoms with E-state index in [0.717, 1.165) is 0 Å². The first-order valence-electron chi connectivity index (χ1n) is 12.7. The zero-order chi connectivity index (χ0) is 32.4. The Balaban J connectivity index is 0.000000651. The molecule has 0 atom stereocenters. The molecule has 42 heavy (non-hydrogen) atoms. The highest BCUT2D eigenvalue weighted by atomic mass is 16.7. The number of anilines is 2. The fourth-order valence-corrected chi connectivity index (χ4v) is 3.27. The van der Waals surface area contributed by atoms with Crippen LogP contribution in [0.5, 0.6) is 11.5 Å². The van der Waals surface area contributed by atoms with E-state index >= 15 is 0 Å². The van der Waals surface area contributed by atoms with E-state index in [4.69, 9.17) is 18.9 Å². The minimum atomic E-state index is -0.213. The highest BCUT2D eigenvalue weighted by Crippen LogP contribution is 2.24. The molecule has 0 fully saturated rings. The number of nitrogens with one attached hydrogen (secondary N) is 2. The van der Waals surface area contributed by atoms with Crippen LogP contribution >= 0.6 is 0 Å². The first-order valence-corrected chi connectivity index (χ1v) is 12.7. The molecular weight excluding hydrogens is 544 g/mol. The molecule has 0 aliphatic carbocycles. The highest BCUT2D eigenvalue weighted by Gasteiger charge is 2.12. The minimum Gasteiger partial charge on any atom is -0.496 e. The van der Waals surface area contributed by atoms with Gasteiger partial charge in [-0.05, 0) is 57.4 Å². The highest BCUT2D eigenvalue weighted by molar-refractivity contribution is 6.07. The predicted octanol–water partition coefficient (Wildman–Crippen LogP) is 3.89. The van der Waals surface area contributed by atoms with Crippen molar-refractivity contribution in [2.45, 2.75) is 27.2 Å². The van der Waals surface area contributed by atoms with Crippen LogP contribution in [0.2, 0.25) is 0 Å². The van der Waals surface area contributed by atoms with Gasteiger partial charge in [0.1, 0.15) is 11.5 Å². The number of nitrogens with zero attached hydrogens (tertiary/aromatic N) is 2. The van der Waals surface area contributed by atoms with E-state index in [9.17, 15) is 19.2 Å². The molecule has 0 saturated heterocycles. The third-order valence-electron chi connectivity index (χ3n) is 5.03. The number of ketones is 2. The molecule has 0 spiro atoms. The Bertz CT molecular complexity index is 1210. The minimum absolute atomic E-state index is 0.0981. The number of ether oxygens (including phenoxy) is 4. The lowest BCUT2D eigenvalue weighted by atomic mass is 10.1. The number of amides is 2. The SMILES string of the molecule is COC(OC)N(C)C.COc1ccc(NC(C)=O)cc1C(=O)/C=C/N(C)C.COc1ccc(NC(C)=O)cc1C(C)=O. The van der Waals surface area contributed by atoms with Crippen molar-refractivity contribution < 1.29 is 38.1 Å². The van der Waals surface area contributed by atoms with Crippen LogP contribution in [-0.2, 0) is 19.1 Å². The third kappa shape index (κ3) is 14.4. The Kier molecular flexibility index (Phi) is 17.8. The second-order valence-corrected chi connectivity index (χ2v) is 9.13. The molecule has 12 nitrogen and oxygen atoms in total. The van der Waals surface area contributed by atoms with Gasteiger partial charge < -0.3 is 34.5 Å². The summed E-state index contributed by atoms with van der Waals surface area (Å²) in [6.45, 7) is 4.28. The first-order chi connectivity index (χ1) is 19.7. The smallest absolute Gasteiger partial charge is 0.221 e. The summed E-state index contributed by atoms with van der Waals surface area (Å²) in [5.41, 5.74) is 2.03. The average Bonchev–Trinajstić information content (AvgIpc) is 2.92. The Hall–Kier alpha value is -4.26. The van der Waals surface area contributed by atoms with Gasteiger partial charge in [0, 0.05) is 65.8 Å². The van der Waals surface area contributed by atoms with Gasteiger partial charge in [0.05, 0.1) is 25.3 Å². The predicted molar refractivity (Wildman–Crippen MR) is 163 cm³/mol. The molecule has 2 N–H and O–H groups in total. The molecule has 232 valence electrons. The van der Waals surface area contributed by atoms with Gasteiger partial charge in [-0.2, -0.15) is 0 Å². The van der Waals surface area contributed by atoms with Crippen LogP contribution in [0.25, 0.3) is 0 Å². The number of Topliss-reactive ketones (excluding diaryl/α,β-unsaturated/α-hetero) is 1. The standard InChI is InChI=1S/C14H18N2O3.C11H13NO3.C5H13NO2/c1-10(17)15-11-5-6-14(19-4)12(9-11)13(18)7-8-16(2)3;1-7(13)10-6-9(12-8(2)14)4-5-11(10)15-3;1-6(2)5(7-3)8-4/h5-9H,1-4H3,(H,15,17);4-6H,1-3H3,(H,12,14);5H,1-4H3/b8-7+;;. The number of hydrogen-bond acceptors (Lipinski definition) is 10. The summed E-state index contributed by atoms with van der Waals surface area (Å²) in [7, 11) is 13.6. The molecule has 2 aromatic carbocycles. The van der Waals surface area contributed by atoms with Crippen LogP contribution in [0, 0.1) is 0 Å². The van der Waals surface area contributed by atoms with Gasteiger partial charge in [-0.3, -0.25) is 24.1 Å². The van der Waals surface area contributed by atoms with Crippen molar-refractivity contribution in [2.75, 3.05) is 67.3 Å². The summed E-state index contributed by atoms with van der Waals surface area (Å²) in [6, 6.07) is 9.88. The van der Waals surface area contributed by atoms with Gasteiger partial charge in [-0.1, -0.05) is 0 Å². The monoisotopic (exact) mass is 588 g/mol. The molecular formula is C30H44N4O8. The summed E-state index contributed by atoms with van der Waals surface area (Å²) < 4.78 is 19.9. The van der Waals surface area contributed by atoms with Gasteiger partial charge in [0.2, 0.25) is 18.2 Å². The molecule has 0 bridgehead atoms. The molecule has 0 saturated carbocycles. The number of carbonyl (C=O) groups excluding carboxylic acids is 4. The van der Waals surface area contributed by atoms with E-state index in [-0.39, 0.29) is 29.8 Å². The lowest BCUT2D eigenvalue weighted by Crippen LogP contribution is -2.30. The van der Waals surface area contributed by atoms with Gasteiger partial charge in [-0.15, -0.1) is 0 Å². The molecule has 0 aliphatic rings. The second kappa shape index (κ2) is 19.8. The number of methoxy groups -OCH3 is 4. The fourth-order valence-electron chi connectivity index (χ4n) is 3.27. The fraction of sp³-hybridized carbons (Fsp3) is 0.400. The van der Waals surface area contributed by atoms with Crippen LogP contribution in [0.1, 0.15) is 41.5 Å². The average molecular weight is 589 g/mol. The van der Waals surface area contributed by atoms with Crippen LogP contribution in [0.3, 0.4) is 0 Å². The molecule has 2 amide bonds. The number of carbonyl (C=O) groups is 4. The zero-order valence-corrected chi connectivity index (χ0v) is 26.4. The summed E-state index contributed by atoms with van der Waals surface area (Å²) in [5.74, 6) is 0.345. The number of benzene rings is 2. The zero-order valence-electron chi connectivity index (χ0n) is 26.4. The van der Waals surface area contributed by atoms with Gasteiger partial charge in [-0.25, -0.2) is 0 Å². The van der Waals surface area contributed by atoms with Crippen molar-refractivity contribution in [1.82, 2.24) is 9.80 Å². The Labute approximate surface area is 248 Å². The van der Waals surface area contributed by atoms with E-state index in [1.807, 2.05) is 33.1 Å². The van der Waals surface area contributed by atoms with Gasteiger partial charge >= 0.3 is 0 Å². The number of rotatable bonds is 11. The molecule has 0 aliphatic heterocycles. The Morgan fingerprint density at radius 3 is 1.45 bits per heavy atom. The largest absolute Gasteiger partial charge is 0.496 e. The van der Waals surface area contributed by atoms with Crippen LogP contribution in [0.4, 0.5) is 11.4 Å². The first kappa shape index (κ1) is 37.7. The molecule has 0 heterocycles. The normalized spacial score (nSPS) is 10.2. The Morgan fingerprint density at radius 1 is 0.714 bits per heavy atom. The van der Waals surface area contributed by atoms with E-state index in [1.165, 1.54) is 41.1 Å². The van der Waals surface area contributed by atoms with Crippen LogP contribution < -0.4 is 20.1 Å². The third-order valence-corrected chi connectivity index (χ3v) is 5.03. The molecule has 0 radical (unpaired) electrons. The van der Waals surface area contributed by atoms with Crippen molar-refractivity contribution in [1.29, 1.82) is 0 Å². The summed E-state index contributed by atoms with van der Waals surface area (Å²) >= 11 is 0. The number of allylic oxidation sites excluding steroid dienone is 1. The van der Waals surface area contributed by atoms with Crippen molar-refractivity contribution in [3.8, 4) is 11.5 Å². The van der Waals surface area contributed by atoms with E-state index < -0.39 is 0 Å². The van der Waals surface area contributed by atoms with Crippen molar-refractivity contribution in [3.05, 3.63) is 59.8 Å². The molecule has 2 rings (SSSR count). The van der Waals surface area contributed by atoms with E-state index in [0.29, 0.717) is 34.0 Å². The maximum absolute atomic E-state index is 12.1. The van der Waals surface area contributed by atoms with Crippen molar-refractivity contribution in [2.24, 2.45) is 0 Å². The van der Waals surface area contributed by atoms with Gasteiger partial charge in [0.25, 0.3) is 0 Å². The molecule has 0 unspecified atom stereocenters. The second-order valence-electron chi connectivity index (χ2n) is 9.13. The lowest BCUT2D eigenvalue weighted by Gasteiger charge is -2.19. The topological polar surface area (TPSA) is 136 Å². The van der Waals surface area contributed by atoms with Crippen LogP contribution in [-0.4, -0.2) is 96.2 Å². The van der Waals surface area contributed by atoms with Crippen molar-refractivity contribution in [3.63, 3.8) is 0 Å². The molecule has 12 heteroatoms. The summed E-state index contributed by atoms with van der Waals surface area (Å²) in [4.78, 5) is 48.8.